The van der Waals surface area contributed by atoms with Gasteiger partial charge in [0.1, 0.15) is 6.61 Å². The molecule has 4 heterocycles. The minimum Gasteiger partial charge on any atom is -0.493 e. The maximum absolute atomic E-state index is 13.6. The molecule has 2 N–H and O–H groups in total. The molecule has 1 aromatic carbocycles. The van der Waals surface area contributed by atoms with E-state index in [0.717, 1.165) is 12.8 Å². The number of para-hydroxylation sites is 2. The average molecular weight is 594 g/mol. The standard InChI is InChI=1S/C29H31N5O7S/c1-29(2,35)20-10-11-24(31-17-20)42(36,37)34-27-25(41-23-9-5-4-8-22(23)38-3)28(40-18-21-7-6-16-39-21)33-26(32-27)19-12-14-30-15-13-19/h4-5,8-15,17,21,35H,6-7,16,18H2,1-3H3,(H,32,33,34)/t21-/m0/s1. The first-order valence-electron chi connectivity index (χ1n) is 13.2. The van der Waals surface area contributed by atoms with E-state index >= 15 is 0 Å². The zero-order valence-corrected chi connectivity index (χ0v) is 24.2. The summed E-state index contributed by atoms with van der Waals surface area (Å²) in [5, 5.41) is 9.97. The summed E-state index contributed by atoms with van der Waals surface area (Å²) < 4.78 is 53.1. The Labute approximate surface area is 243 Å². The molecule has 0 amide bonds. The van der Waals surface area contributed by atoms with Crippen LogP contribution in [-0.2, 0) is 20.4 Å². The predicted octanol–water partition coefficient (Wildman–Crippen LogP) is 4.32. The van der Waals surface area contributed by atoms with Crippen LogP contribution in [0.3, 0.4) is 0 Å². The summed E-state index contributed by atoms with van der Waals surface area (Å²) in [6, 6.07) is 13.1. The lowest BCUT2D eigenvalue weighted by Gasteiger charge is -2.19. The van der Waals surface area contributed by atoms with Crippen molar-refractivity contribution < 1.29 is 32.5 Å². The van der Waals surface area contributed by atoms with Gasteiger partial charge in [-0.1, -0.05) is 18.2 Å². The van der Waals surface area contributed by atoms with Gasteiger partial charge >= 0.3 is 0 Å². The van der Waals surface area contributed by atoms with Crippen molar-refractivity contribution in [1.82, 2.24) is 19.9 Å². The molecule has 0 saturated carbocycles. The number of nitrogens with one attached hydrogen (secondary N) is 1. The summed E-state index contributed by atoms with van der Waals surface area (Å²) in [4.78, 5) is 17.2. The molecule has 12 nitrogen and oxygen atoms in total. The minimum atomic E-state index is -4.29. The van der Waals surface area contributed by atoms with Gasteiger partial charge in [-0.2, -0.15) is 13.4 Å². The van der Waals surface area contributed by atoms with Gasteiger partial charge in [-0.05, 0) is 57.0 Å². The number of nitrogens with zero attached hydrogens (tertiary/aromatic N) is 4. The number of benzene rings is 1. The first-order valence-corrected chi connectivity index (χ1v) is 14.7. The third-order valence-electron chi connectivity index (χ3n) is 6.43. The number of hydrogen-bond donors (Lipinski definition) is 2. The number of hydrogen-bond acceptors (Lipinski definition) is 11. The number of ether oxygens (including phenoxy) is 4. The van der Waals surface area contributed by atoms with E-state index in [2.05, 4.69) is 24.7 Å². The van der Waals surface area contributed by atoms with E-state index in [1.54, 1.807) is 62.6 Å². The summed E-state index contributed by atoms with van der Waals surface area (Å²) in [7, 11) is -2.80. The highest BCUT2D eigenvalue weighted by atomic mass is 32.2. The predicted molar refractivity (Wildman–Crippen MR) is 153 cm³/mol. The van der Waals surface area contributed by atoms with Crippen molar-refractivity contribution in [2.24, 2.45) is 0 Å². The van der Waals surface area contributed by atoms with Crippen LogP contribution in [0.1, 0.15) is 32.3 Å². The molecule has 0 radical (unpaired) electrons. The summed E-state index contributed by atoms with van der Waals surface area (Å²) in [5.41, 5.74) is -0.169. The molecule has 0 bridgehead atoms. The van der Waals surface area contributed by atoms with E-state index in [-0.39, 0.29) is 46.8 Å². The first-order chi connectivity index (χ1) is 20.1. The Hall–Kier alpha value is -4.33. The Morgan fingerprint density at radius 1 is 1.07 bits per heavy atom. The number of anilines is 1. The Morgan fingerprint density at radius 2 is 1.83 bits per heavy atom. The highest BCUT2D eigenvalue weighted by molar-refractivity contribution is 7.92. The molecular formula is C29H31N5O7S. The summed E-state index contributed by atoms with van der Waals surface area (Å²) in [6.45, 7) is 3.96. The Balaban J connectivity index is 1.61. The molecule has 1 saturated heterocycles. The van der Waals surface area contributed by atoms with E-state index in [4.69, 9.17) is 18.9 Å². The molecule has 1 fully saturated rings. The molecule has 3 aromatic heterocycles. The van der Waals surface area contributed by atoms with Crippen LogP contribution in [0.4, 0.5) is 5.82 Å². The highest BCUT2D eigenvalue weighted by Gasteiger charge is 2.28. The molecule has 5 rings (SSSR count). The SMILES string of the molecule is COc1ccccc1Oc1c(NS(=O)(=O)c2ccc(C(C)(C)O)cn2)nc(-c2ccncc2)nc1OC[C@@H]1CCCO1. The number of methoxy groups -OCH3 is 1. The van der Waals surface area contributed by atoms with Crippen molar-refractivity contribution in [2.75, 3.05) is 25.0 Å². The zero-order chi connectivity index (χ0) is 29.7. The third-order valence-corrected chi connectivity index (χ3v) is 7.69. The second-order valence-corrected chi connectivity index (χ2v) is 11.6. The zero-order valence-electron chi connectivity index (χ0n) is 23.4. The topological polar surface area (TPSA) is 155 Å². The van der Waals surface area contributed by atoms with Crippen LogP contribution in [0.5, 0.6) is 23.1 Å². The van der Waals surface area contributed by atoms with Crippen LogP contribution in [0, 0.1) is 0 Å². The fourth-order valence-corrected chi connectivity index (χ4v) is 5.10. The maximum Gasteiger partial charge on any atom is 0.280 e. The van der Waals surface area contributed by atoms with Gasteiger partial charge in [-0.3, -0.25) is 9.71 Å². The van der Waals surface area contributed by atoms with Crippen molar-refractivity contribution in [1.29, 1.82) is 0 Å². The lowest BCUT2D eigenvalue weighted by Crippen LogP contribution is -2.20. The van der Waals surface area contributed by atoms with Crippen LogP contribution in [0.25, 0.3) is 11.4 Å². The van der Waals surface area contributed by atoms with Crippen LogP contribution in [0.2, 0.25) is 0 Å². The fraction of sp³-hybridized carbons (Fsp3) is 0.310. The van der Waals surface area contributed by atoms with Gasteiger partial charge in [0.25, 0.3) is 15.9 Å². The van der Waals surface area contributed by atoms with Crippen LogP contribution in [0.15, 0.2) is 72.1 Å². The van der Waals surface area contributed by atoms with Gasteiger partial charge in [0.2, 0.25) is 5.75 Å². The summed E-state index contributed by atoms with van der Waals surface area (Å²) in [6.07, 6.45) is 6.03. The van der Waals surface area contributed by atoms with Crippen LogP contribution >= 0.6 is 0 Å². The molecule has 1 aliphatic heterocycles. The van der Waals surface area contributed by atoms with Crippen molar-refractivity contribution in [3.63, 3.8) is 0 Å². The van der Waals surface area contributed by atoms with Crippen molar-refractivity contribution >= 4 is 15.8 Å². The van der Waals surface area contributed by atoms with Gasteiger partial charge < -0.3 is 24.1 Å². The highest BCUT2D eigenvalue weighted by Crippen LogP contribution is 2.41. The Bertz CT molecular complexity index is 1620. The first kappa shape index (κ1) is 29.2. The molecule has 0 unspecified atom stereocenters. The lowest BCUT2D eigenvalue weighted by molar-refractivity contribution is 0.0654. The molecule has 220 valence electrons. The smallest absolute Gasteiger partial charge is 0.280 e. The van der Waals surface area contributed by atoms with Gasteiger partial charge in [-0.25, -0.2) is 9.97 Å². The molecule has 0 aliphatic carbocycles. The van der Waals surface area contributed by atoms with Crippen molar-refractivity contribution in [3.8, 4) is 34.5 Å². The Kier molecular flexibility index (Phi) is 8.52. The molecular weight excluding hydrogens is 562 g/mol. The number of aliphatic hydroxyl groups is 1. The number of pyridine rings is 2. The molecule has 0 spiro atoms. The summed E-state index contributed by atoms with van der Waals surface area (Å²) in [5.74, 6) is 0.607. The molecule has 42 heavy (non-hydrogen) atoms. The molecule has 13 heteroatoms. The van der Waals surface area contributed by atoms with E-state index < -0.39 is 15.6 Å². The van der Waals surface area contributed by atoms with Gasteiger partial charge in [0.15, 0.2) is 28.2 Å². The average Bonchev–Trinajstić information content (AvgIpc) is 3.51. The molecule has 1 aliphatic rings. The number of rotatable bonds is 11. The van der Waals surface area contributed by atoms with E-state index in [1.165, 1.54) is 25.4 Å². The lowest BCUT2D eigenvalue weighted by atomic mass is 10.0. The quantitative estimate of drug-likeness (QED) is 0.255. The third kappa shape index (κ3) is 6.75. The van der Waals surface area contributed by atoms with E-state index in [1.807, 2.05) is 0 Å². The second-order valence-electron chi connectivity index (χ2n) is 10.0. The van der Waals surface area contributed by atoms with Crippen LogP contribution in [-0.4, -0.2) is 59.9 Å². The monoisotopic (exact) mass is 593 g/mol. The van der Waals surface area contributed by atoms with Gasteiger partial charge in [-0.15, -0.1) is 0 Å². The maximum atomic E-state index is 13.6. The van der Waals surface area contributed by atoms with Crippen molar-refractivity contribution in [3.05, 3.63) is 72.7 Å². The molecule has 4 aromatic rings. The van der Waals surface area contributed by atoms with E-state index in [9.17, 15) is 13.5 Å². The van der Waals surface area contributed by atoms with Gasteiger partial charge in [0.05, 0.1) is 18.8 Å². The van der Waals surface area contributed by atoms with Crippen molar-refractivity contribution in [2.45, 2.75) is 43.4 Å². The van der Waals surface area contributed by atoms with Gasteiger partial charge in [0, 0.05) is 36.3 Å². The van der Waals surface area contributed by atoms with E-state index in [0.29, 0.717) is 23.5 Å². The number of aromatic nitrogens is 4. The molecule has 1 atom stereocenters. The van der Waals surface area contributed by atoms with Crippen LogP contribution < -0.4 is 18.9 Å². The normalized spacial score (nSPS) is 15.3. The fourth-order valence-electron chi connectivity index (χ4n) is 4.16. The number of sulfonamides is 1. The second kappa shape index (κ2) is 12.3. The summed E-state index contributed by atoms with van der Waals surface area (Å²) >= 11 is 0. The largest absolute Gasteiger partial charge is 0.493 e. The Morgan fingerprint density at radius 3 is 2.48 bits per heavy atom. The minimum absolute atomic E-state index is 0.00116.